The van der Waals surface area contributed by atoms with Crippen LogP contribution >= 0.6 is 11.3 Å². The van der Waals surface area contributed by atoms with E-state index in [2.05, 4.69) is 29.1 Å². The molecule has 14 heavy (non-hydrogen) atoms. The molecule has 1 saturated heterocycles. The molecule has 2 heterocycles. The van der Waals surface area contributed by atoms with Crippen molar-refractivity contribution in [2.45, 2.75) is 25.4 Å². The fourth-order valence-electron chi connectivity index (χ4n) is 1.72. The van der Waals surface area contributed by atoms with Crippen molar-refractivity contribution in [1.82, 2.24) is 5.32 Å². The molecule has 1 N–H and O–H groups in total. The highest BCUT2D eigenvalue weighted by atomic mass is 32.2. The molecule has 0 aromatic carbocycles. The molecule has 2 rings (SSSR count). The first kappa shape index (κ1) is 10.3. The Morgan fingerprint density at radius 3 is 3.21 bits per heavy atom. The van der Waals surface area contributed by atoms with E-state index in [9.17, 15) is 4.21 Å². The van der Waals surface area contributed by atoms with E-state index in [4.69, 9.17) is 0 Å². The molecular formula is C10H15NOS2. The van der Waals surface area contributed by atoms with Crippen LogP contribution in [-0.4, -0.2) is 21.8 Å². The molecule has 78 valence electrons. The quantitative estimate of drug-likeness (QED) is 0.797. The lowest BCUT2D eigenvalue weighted by molar-refractivity contribution is 0.485. The van der Waals surface area contributed by atoms with Crippen molar-refractivity contribution in [1.29, 1.82) is 0 Å². The molecular weight excluding hydrogens is 214 g/mol. The number of hydrogen-bond donors (Lipinski definition) is 1. The molecule has 0 saturated carbocycles. The first-order valence-electron chi connectivity index (χ1n) is 4.89. The second kappa shape index (κ2) is 4.55. The number of nitrogens with one attached hydrogen (secondary N) is 1. The summed E-state index contributed by atoms with van der Waals surface area (Å²) in [6.07, 6.45) is 1.02. The van der Waals surface area contributed by atoms with Gasteiger partial charge in [-0.15, -0.1) is 0 Å². The summed E-state index contributed by atoms with van der Waals surface area (Å²) in [6.45, 7) is 2.17. The third-order valence-corrected chi connectivity index (χ3v) is 4.66. The lowest BCUT2D eigenvalue weighted by Gasteiger charge is -2.17. The molecule has 3 unspecified atom stereocenters. The van der Waals surface area contributed by atoms with Gasteiger partial charge in [-0.1, -0.05) is 0 Å². The standard InChI is InChI=1S/C10H15NOS2/c1-8-3-5-14(12)7-10(11-8)9-2-4-13-6-9/h2,4,6,8,10-11H,3,5,7H2,1H3. The molecule has 1 fully saturated rings. The molecule has 0 amide bonds. The van der Waals surface area contributed by atoms with E-state index < -0.39 is 10.8 Å². The first-order chi connectivity index (χ1) is 6.75. The third-order valence-electron chi connectivity index (χ3n) is 2.56. The molecule has 1 aromatic rings. The summed E-state index contributed by atoms with van der Waals surface area (Å²) in [5.74, 6) is 1.61. The van der Waals surface area contributed by atoms with Crippen molar-refractivity contribution >= 4 is 22.1 Å². The number of hydrogen-bond acceptors (Lipinski definition) is 3. The van der Waals surface area contributed by atoms with E-state index in [1.807, 2.05) is 0 Å². The Morgan fingerprint density at radius 2 is 2.50 bits per heavy atom. The summed E-state index contributed by atoms with van der Waals surface area (Å²) >= 11 is 1.70. The van der Waals surface area contributed by atoms with E-state index in [-0.39, 0.29) is 0 Å². The fourth-order valence-corrected chi connectivity index (χ4v) is 3.88. The Balaban J connectivity index is 2.13. The summed E-state index contributed by atoms with van der Waals surface area (Å²) < 4.78 is 11.6. The van der Waals surface area contributed by atoms with Gasteiger partial charge in [0.15, 0.2) is 0 Å². The summed E-state index contributed by atoms with van der Waals surface area (Å²) in [5, 5.41) is 7.75. The Labute approximate surface area is 91.2 Å². The molecule has 4 heteroatoms. The van der Waals surface area contributed by atoms with Gasteiger partial charge in [-0.05, 0) is 35.7 Å². The molecule has 1 aromatic heterocycles. The highest BCUT2D eigenvalue weighted by molar-refractivity contribution is 7.85. The molecule has 1 aliphatic heterocycles. The van der Waals surface area contributed by atoms with Gasteiger partial charge in [-0.2, -0.15) is 11.3 Å². The molecule has 0 bridgehead atoms. The van der Waals surface area contributed by atoms with Crippen molar-refractivity contribution in [2.75, 3.05) is 11.5 Å². The minimum absolute atomic E-state index is 0.291. The third kappa shape index (κ3) is 2.43. The second-order valence-electron chi connectivity index (χ2n) is 3.78. The summed E-state index contributed by atoms with van der Waals surface area (Å²) in [7, 11) is -0.651. The van der Waals surface area contributed by atoms with Crippen LogP contribution in [0.4, 0.5) is 0 Å². The van der Waals surface area contributed by atoms with Crippen LogP contribution in [0.1, 0.15) is 24.9 Å². The van der Waals surface area contributed by atoms with Gasteiger partial charge in [0.05, 0.1) is 0 Å². The fraction of sp³-hybridized carbons (Fsp3) is 0.600. The van der Waals surface area contributed by atoms with Gasteiger partial charge >= 0.3 is 0 Å². The van der Waals surface area contributed by atoms with Gasteiger partial charge in [0.1, 0.15) is 0 Å². The van der Waals surface area contributed by atoms with Crippen LogP contribution in [0.25, 0.3) is 0 Å². The average molecular weight is 229 g/mol. The van der Waals surface area contributed by atoms with E-state index in [1.54, 1.807) is 11.3 Å². The van der Waals surface area contributed by atoms with Gasteiger partial charge < -0.3 is 5.32 Å². The van der Waals surface area contributed by atoms with Crippen molar-refractivity contribution in [2.24, 2.45) is 0 Å². The maximum Gasteiger partial charge on any atom is 0.0447 e. The van der Waals surface area contributed by atoms with Crippen LogP contribution in [-0.2, 0) is 10.8 Å². The van der Waals surface area contributed by atoms with Crippen molar-refractivity contribution in [3.8, 4) is 0 Å². The average Bonchev–Trinajstić information content (AvgIpc) is 2.61. The van der Waals surface area contributed by atoms with Gasteiger partial charge in [-0.3, -0.25) is 4.21 Å². The van der Waals surface area contributed by atoms with E-state index in [0.717, 1.165) is 17.9 Å². The van der Waals surface area contributed by atoms with Crippen molar-refractivity contribution in [3.63, 3.8) is 0 Å². The Hall–Kier alpha value is -0.190. The van der Waals surface area contributed by atoms with Crippen LogP contribution in [0.2, 0.25) is 0 Å². The number of thiophene rings is 1. The minimum atomic E-state index is -0.651. The Bertz CT molecular complexity index is 310. The maximum atomic E-state index is 11.6. The normalized spacial score (nSPS) is 33.9. The SMILES string of the molecule is CC1CCS(=O)CC(c2ccsc2)N1. The monoisotopic (exact) mass is 229 g/mol. The van der Waals surface area contributed by atoms with E-state index in [1.165, 1.54) is 5.56 Å². The molecule has 0 aliphatic carbocycles. The summed E-state index contributed by atoms with van der Waals surface area (Å²) in [6, 6.07) is 2.89. The van der Waals surface area contributed by atoms with Crippen LogP contribution in [0.5, 0.6) is 0 Å². The Kier molecular flexibility index (Phi) is 3.36. The molecule has 0 radical (unpaired) electrons. The predicted octanol–water partition coefficient (Wildman–Crippen LogP) is 1.92. The van der Waals surface area contributed by atoms with Gasteiger partial charge in [0, 0.05) is 34.4 Å². The zero-order valence-corrected chi connectivity index (χ0v) is 9.87. The smallest absolute Gasteiger partial charge is 0.0447 e. The van der Waals surface area contributed by atoms with Gasteiger partial charge in [-0.25, -0.2) is 0 Å². The first-order valence-corrected chi connectivity index (χ1v) is 7.32. The van der Waals surface area contributed by atoms with Gasteiger partial charge in [0.25, 0.3) is 0 Å². The van der Waals surface area contributed by atoms with Crippen LogP contribution in [0.3, 0.4) is 0 Å². The minimum Gasteiger partial charge on any atom is -0.307 e. The number of rotatable bonds is 1. The zero-order valence-electron chi connectivity index (χ0n) is 8.23. The highest BCUT2D eigenvalue weighted by Crippen LogP contribution is 2.21. The summed E-state index contributed by atoms with van der Waals surface area (Å²) in [4.78, 5) is 0. The molecule has 0 spiro atoms. The molecule has 1 aliphatic rings. The topological polar surface area (TPSA) is 29.1 Å². The second-order valence-corrected chi connectivity index (χ2v) is 6.18. The van der Waals surface area contributed by atoms with Crippen LogP contribution in [0.15, 0.2) is 16.8 Å². The lowest BCUT2D eigenvalue weighted by Crippen LogP contribution is -2.30. The predicted molar refractivity (Wildman–Crippen MR) is 62.2 cm³/mol. The largest absolute Gasteiger partial charge is 0.307 e. The summed E-state index contributed by atoms with van der Waals surface area (Å²) in [5.41, 5.74) is 1.29. The highest BCUT2D eigenvalue weighted by Gasteiger charge is 2.21. The van der Waals surface area contributed by atoms with Gasteiger partial charge in [0.2, 0.25) is 0 Å². The van der Waals surface area contributed by atoms with E-state index in [0.29, 0.717) is 12.1 Å². The van der Waals surface area contributed by atoms with Crippen molar-refractivity contribution < 1.29 is 4.21 Å². The van der Waals surface area contributed by atoms with Crippen molar-refractivity contribution in [3.05, 3.63) is 22.4 Å². The Morgan fingerprint density at radius 1 is 1.64 bits per heavy atom. The van der Waals surface area contributed by atoms with Crippen LogP contribution in [0, 0.1) is 0 Å². The molecule has 3 atom stereocenters. The van der Waals surface area contributed by atoms with Crippen LogP contribution < -0.4 is 5.32 Å². The zero-order chi connectivity index (χ0) is 9.97. The van der Waals surface area contributed by atoms with E-state index >= 15 is 0 Å². The lowest BCUT2D eigenvalue weighted by atomic mass is 10.1. The molecule has 2 nitrogen and oxygen atoms in total. The maximum absolute atomic E-state index is 11.6.